The first kappa shape index (κ1) is 11.6. The van der Waals surface area contributed by atoms with Gasteiger partial charge in [0, 0.05) is 19.2 Å². The highest BCUT2D eigenvalue weighted by Gasteiger charge is 2.08. The summed E-state index contributed by atoms with van der Waals surface area (Å²) in [5.41, 5.74) is 0. The molecule has 0 unspecified atom stereocenters. The van der Waals surface area contributed by atoms with Gasteiger partial charge in [-0.25, -0.2) is 4.79 Å². The van der Waals surface area contributed by atoms with Gasteiger partial charge in [0.25, 0.3) is 0 Å². The highest BCUT2D eigenvalue weighted by atomic mass is 16.4. The van der Waals surface area contributed by atoms with Crippen LogP contribution in [0.1, 0.15) is 17.5 Å². The molecule has 0 aromatic carbocycles. The molecule has 0 fully saturated rings. The van der Waals surface area contributed by atoms with Crippen molar-refractivity contribution in [2.75, 3.05) is 32.0 Å². The minimum atomic E-state index is -1.05. The summed E-state index contributed by atoms with van der Waals surface area (Å²) in [4.78, 5) is 12.7. The summed E-state index contributed by atoms with van der Waals surface area (Å²) in [6.45, 7) is 4.69. The molecular formula is C10H16N2O3. The highest BCUT2D eigenvalue weighted by Crippen LogP contribution is 2.12. The van der Waals surface area contributed by atoms with E-state index in [0.29, 0.717) is 5.88 Å². The Bertz CT molecular complexity index is 322. The molecule has 2 N–H and O–H groups in total. The van der Waals surface area contributed by atoms with Crippen molar-refractivity contribution < 1.29 is 14.3 Å². The average molecular weight is 212 g/mol. The van der Waals surface area contributed by atoms with Crippen LogP contribution in [0.3, 0.4) is 0 Å². The van der Waals surface area contributed by atoms with E-state index in [2.05, 4.69) is 17.1 Å². The first-order chi connectivity index (χ1) is 7.13. The maximum absolute atomic E-state index is 10.5. The lowest BCUT2D eigenvalue weighted by Gasteiger charge is -2.13. The van der Waals surface area contributed by atoms with Crippen molar-refractivity contribution in [1.29, 1.82) is 0 Å². The zero-order valence-electron chi connectivity index (χ0n) is 8.99. The molecule has 0 amide bonds. The lowest BCUT2D eigenvalue weighted by molar-refractivity contribution is 0.0663. The zero-order chi connectivity index (χ0) is 11.3. The van der Waals surface area contributed by atoms with Gasteiger partial charge in [0.05, 0.1) is 0 Å². The Balaban J connectivity index is 2.35. The van der Waals surface area contributed by atoms with Gasteiger partial charge in [-0.1, -0.05) is 6.92 Å². The maximum Gasteiger partial charge on any atom is 0.371 e. The van der Waals surface area contributed by atoms with Crippen LogP contribution in [0.15, 0.2) is 16.5 Å². The lowest BCUT2D eigenvalue weighted by atomic mass is 10.4. The molecule has 0 bridgehead atoms. The number of hydrogen-bond donors (Lipinski definition) is 2. The van der Waals surface area contributed by atoms with Crippen molar-refractivity contribution in [2.24, 2.45) is 0 Å². The number of carboxylic acids is 1. The molecule has 15 heavy (non-hydrogen) atoms. The molecule has 0 aliphatic heterocycles. The Kier molecular flexibility index (Phi) is 4.17. The van der Waals surface area contributed by atoms with Crippen molar-refractivity contribution in [2.45, 2.75) is 6.92 Å². The minimum Gasteiger partial charge on any atom is -0.475 e. The number of rotatable bonds is 6. The predicted molar refractivity (Wildman–Crippen MR) is 57.3 cm³/mol. The van der Waals surface area contributed by atoms with Crippen LogP contribution in [0.5, 0.6) is 0 Å². The molecule has 0 saturated heterocycles. The van der Waals surface area contributed by atoms with Gasteiger partial charge in [-0.3, -0.25) is 0 Å². The molecule has 0 saturated carbocycles. The standard InChI is InChI=1S/C10H16N2O3/c1-3-12(2)7-6-11-9-5-4-8(15-9)10(13)14/h4-5,11H,3,6-7H2,1-2H3,(H,13,14). The summed E-state index contributed by atoms with van der Waals surface area (Å²) in [5.74, 6) is -0.591. The van der Waals surface area contributed by atoms with Gasteiger partial charge < -0.3 is 19.7 Å². The third-order valence-electron chi connectivity index (χ3n) is 2.15. The third-order valence-corrected chi connectivity index (χ3v) is 2.15. The molecule has 1 aromatic heterocycles. The number of carbonyl (C=O) groups is 1. The Labute approximate surface area is 88.7 Å². The van der Waals surface area contributed by atoms with Crippen molar-refractivity contribution in [3.63, 3.8) is 0 Å². The second kappa shape index (κ2) is 5.41. The number of nitrogens with one attached hydrogen (secondary N) is 1. The van der Waals surface area contributed by atoms with Crippen LogP contribution in [0.4, 0.5) is 5.88 Å². The second-order valence-electron chi connectivity index (χ2n) is 3.29. The Morgan fingerprint density at radius 1 is 1.60 bits per heavy atom. The first-order valence-electron chi connectivity index (χ1n) is 4.89. The lowest BCUT2D eigenvalue weighted by Crippen LogP contribution is -2.24. The van der Waals surface area contributed by atoms with E-state index in [1.165, 1.54) is 6.07 Å². The van der Waals surface area contributed by atoms with Crippen LogP contribution in [0.25, 0.3) is 0 Å². The van der Waals surface area contributed by atoms with Gasteiger partial charge in [-0.2, -0.15) is 0 Å². The number of furan rings is 1. The number of likely N-dealkylation sites (N-methyl/N-ethyl adjacent to an activating group) is 1. The first-order valence-corrected chi connectivity index (χ1v) is 4.89. The van der Waals surface area contributed by atoms with Crippen molar-refractivity contribution >= 4 is 11.9 Å². The largest absolute Gasteiger partial charge is 0.475 e. The van der Waals surface area contributed by atoms with E-state index in [1.54, 1.807) is 6.07 Å². The number of nitrogens with zero attached hydrogens (tertiary/aromatic N) is 1. The molecule has 84 valence electrons. The van der Waals surface area contributed by atoms with Gasteiger partial charge in [0.15, 0.2) is 5.88 Å². The fourth-order valence-corrected chi connectivity index (χ4v) is 1.08. The molecule has 0 atom stereocenters. The Morgan fingerprint density at radius 2 is 2.33 bits per heavy atom. The maximum atomic E-state index is 10.5. The predicted octanol–water partition coefficient (Wildman–Crippen LogP) is 1.34. The molecule has 1 aromatic rings. The molecular weight excluding hydrogens is 196 g/mol. The van der Waals surface area contributed by atoms with E-state index < -0.39 is 5.97 Å². The van der Waals surface area contributed by atoms with Gasteiger partial charge >= 0.3 is 5.97 Å². The van der Waals surface area contributed by atoms with Crippen LogP contribution >= 0.6 is 0 Å². The molecule has 0 aliphatic carbocycles. The number of anilines is 1. The topological polar surface area (TPSA) is 65.7 Å². The fraction of sp³-hybridized carbons (Fsp3) is 0.500. The summed E-state index contributed by atoms with van der Waals surface area (Å²) < 4.78 is 5.03. The smallest absolute Gasteiger partial charge is 0.371 e. The van der Waals surface area contributed by atoms with E-state index in [1.807, 2.05) is 7.05 Å². The van der Waals surface area contributed by atoms with Gasteiger partial charge in [-0.15, -0.1) is 0 Å². The van der Waals surface area contributed by atoms with E-state index >= 15 is 0 Å². The van der Waals surface area contributed by atoms with Gasteiger partial charge in [0.1, 0.15) is 0 Å². The Morgan fingerprint density at radius 3 is 2.87 bits per heavy atom. The molecule has 5 nitrogen and oxygen atoms in total. The molecule has 0 radical (unpaired) electrons. The van der Waals surface area contributed by atoms with Crippen molar-refractivity contribution in [1.82, 2.24) is 4.90 Å². The summed E-state index contributed by atoms with van der Waals surface area (Å²) in [6, 6.07) is 3.06. The molecule has 0 spiro atoms. The summed E-state index contributed by atoms with van der Waals surface area (Å²) in [7, 11) is 2.02. The number of aromatic carboxylic acids is 1. The molecule has 5 heteroatoms. The monoisotopic (exact) mass is 212 g/mol. The normalized spacial score (nSPS) is 10.6. The van der Waals surface area contributed by atoms with Crippen molar-refractivity contribution in [3.8, 4) is 0 Å². The van der Waals surface area contributed by atoms with Crippen LogP contribution in [0.2, 0.25) is 0 Å². The van der Waals surface area contributed by atoms with Gasteiger partial charge in [-0.05, 0) is 19.7 Å². The van der Waals surface area contributed by atoms with Crippen LogP contribution in [0, 0.1) is 0 Å². The van der Waals surface area contributed by atoms with Crippen LogP contribution in [-0.2, 0) is 0 Å². The SMILES string of the molecule is CCN(C)CCNc1ccc(C(=O)O)o1. The van der Waals surface area contributed by atoms with Crippen molar-refractivity contribution in [3.05, 3.63) is 17.9 Å². The van der Waals surface area contributed by atoms with Gasteiger partial charge in [0.2, 0.25) is 5.76 Å². The number of carboxylic acid groups (broad SMARTS) is 1. The second-order valence-corrected chi connectivity index (χ2v) is 3.29. The third kappa shape index (κ3) is 3.63. The molecule has 1 heterocycles. The number of hydrogen-bond acceptors (Lipinski definition) is 4. The average Bonchev–Trinajstić information content (AvgIpc) is 2.66. The van der Waals surface area contributed by atoms with Crippen LogP contribution < -0.4 is 5.32 Å². The summed E-state index contributed by atoms with van der Waals surface area (Å²) >= 11 is 0. The minimum absolute atomic E-state index is 0.0404. The zero-order valence-corrected chi connectivity index (χ0v) is 8.99. The van der Waals surface area contributed by atoms with E-state index in [0.717, 1.165) is 19.6 Å². The highest BCUT2D eigenvalue weighted by molar-refractivity contribution is 5.84. The molecule has 0 aliphatic rings. The van der Waals surface area contributed by atoms with E-state index in [-0.39, 0.29) is 5.76 Å². The molecule has 1 rings (SSSR count). The Hall–Kier alpha value is -1.49. The quantitative estimate of drug-likeness (QED) is 0.745. The summed E-state index contributed by atoms with van der Waals surface area (Å²) in [6.07, 6.45) is 0. The summed E-state index contributed by atoms with van der Waals surface area (Å²) in [5, 5.41) is 11.6. The van der Waals surface area contributed by atoms with Crippen LogP contribution in [-0.4, -0.2) is 42.7 Å². The van der Waals surface area contributed by atoms with E-state index in [4.69, 9.17) is 9.52 Å². The van der Waals surface area contributed by atoms with E-state index in [9.17, 15) is 4.79 Å². The fourth-order valence-electron chi connectivity index (χ4n) is 1.08.